The second-order valence-corrected chi connectivity index (χ2v) is 7.34. The number of aromatic nitrogens is 1. The number of aryl methyl sites for hydroxylation is 1. The number of ether oxygens (including phenoxy) is 2. The molecule has 0 fully saturated rings. The molecule has 0 aliphatic carbocycles. The highest BCUT2D eigenvalue weighted by Gasteiger charge is 2.25. The Balaban J connectivity index is 2.10. The zero-order valence-electron chi connectivity index (χ0n) is 18.2. The standard InChI is InChI=1S/C25H28N2O4/c1-17-23(25(26)29)24(19-9-11-20(30-2)12-10-19)21(13-14-22(28)31-3)27(17)16-15-18-7-5-4-6-8-18/h4-12H,13-16H2,1-3H3,(H2,26,29). The summed E-state index contributed by atoms with van der Waals surface area (Å²) in [5.41, 5.74) is 10.8. The van der Waals surface area contributed by atoms with Crippen LogP contribution < -0.4 is 10.5 Å². The fourth-order valence-electron chi connectivity index (χ4n) is 3.94. The molecule has 31 heavy (non-hydrogen) atoms. The third kappa shape index (κ3) is 4.97. The molecule has 3 aromatic rings. The fourth-order valence-corrected chi connectivity index (χ4v) is 3.94. The molecule has 0 saturated heterocycles. The third-order valence-electron chi connectivity index (χ3n) is 5.52. The van der Waals surface area contributed by atoms with Crippen molar-refractivity contribution in [2.75, 3.05) is 14.2 Å². The molecule has 0 bridgehead atoms. The van der Waals surface area contributed by atoms with Gasteiger partial charge >= 0.3 is 5.97 Å². The lowest BCUT2D eigenvalue weighted by Gasteiger charge is -2.13. The maximum absolute atomic E-state index is 12.5. The smallest absolute Gasteiger partial charge is 0.305 e. The van der Waals surface area contributed by atoms with Gasteiger partial charge in [0.15, 0.2) is 0 Å². The van der Waals surface area contributed by atoms with Crippen LogP contribution in [0.25, 0.3) is 11.1 Å². The van der Waals surface area contributed by atoms with Gasteiger partial charge in [-0.15, -0.1) is 0 Å². The second-order valence-electron chi connectivity index (χ2n) is 7.34. The molecule has 162 valence electrons. The lowest BCUT2D eigenvalue weighted by Crippen LogP contribution is -2.14. The monoisotopic (exact) mass is 420 g/mol. The molecule has 0 radical (unpaired) electrons. The molecule has 6 nitrogen and oxygen atoms in total. The van der Waals surface area contributed by atoms with E-state index in [0.29, 0.717) is 18.5 Å². The first-order chi connectivity index (χ1) is 15.0. The van der Waals surface area contributed by atoms with E-state index >= 15 is 0 Å². The van der Waals surface area contributed by atoms with Gasteiger partial charge in [-0.25, -0.2) is 0 Å². The van der Waals surface area contributed by atoms with Crippen molar-refractivity contribution < 1.29 is 19.1 Å². The Kier molecular flexibility index (Phi) is 7.13. The average molecular weight is 421 g/mol. The fraction of sp³-hybridized carbons (Fsp3) is 0.280. The van der Waals surface area contributed by atoms with Crippen molar-refractivity contribution in [3.8, 4) is 16.9 Å². The zero-order chi connectivity index (χ0) is 22.4. The Hall–Kier alpha value is -3.54. The number of hydrogen-bond donors (Lipinski definition) is 1. The molecular weight excluding hydrogens is 392 g/mol. The predicted octanol–water partition coefficient (Wildman–Crippen LogP) is 3.92. The highest BCUT2D eigenvalue weighted by molar-refractivity contribution is 6.02. The van der Waals surface area contributed by atoms with Gasteiger partial charge in [0.1, 0.15) is 5.75 Å². The Morgan fingerprint density at radius 2 is 1.65 bits per heavy atom. The maximum atomic E-state index is 12.5. The van der Waals surface area contributed by atoms with Gasteiger partial charge in [0.2, 0.25) is 0 Å². The van der Waals surface area contributed by atoms with Crippen LogP contribution in [-0.4, -0.2) is 30.7 Å². The zero-order valence-corrected chi connectivity index (χ0v) is 18.2. The Labute approximate surface area is 182 Å². The molecule has 0 saturated carbocycles. The van der Waals surface area contributed by atoms with Gasteiger partial charge in [-0.2, -0.15) is 0 Å². The van der Waals surface area contributed by atoms with Crippen LogP contribution >= 0.6 is 0 Å². The lowest BCUT2D eigenvalue weighted by atomic mass is 9.98. The van der Waals surface area contributed by atoms with Crippen LogP contribution in [0.5, 0.6) is 5.75 Å². The number of esters is 1. The first-order valence-corrected chi connectivity index (χ1v) is 10.2. The van der Waals surface area contributed by atoms with Crippen molar-refractivity contribution >= 4 is 11.9 Å². The predicted molar refractivity (Wildman–Crippen MR) is 120 cm³/mol. The van der Waals surface area contributed by atoms with Gasteiger partial charge in [0.25, 0.3) is 5.91 Å². The normalized spacial score (nSPS) is 10.7. The number of nitrogens with zero attached hydrogens (tertiary/aromatic N) is 1. The third-order valence-corrected chi connectivity index (χ3v) is 5.52. The van der Waals surface area contributed by atoms with E-state index in [1.165, 1.54) is 12.7 Å². The molecule has 0 atom stereocenters. The molecular formula is C25H28N2O4. The average Bonchev–Trinajstić information content (AvgIpc) is 3.08. The number of carbonyl (C=O) groups excluding carboxylic acids is 2. The van der Waals surface area contributed by atoms with Crippen molar-refractivity contribution in [3.05, 3.63) is 77.1 Å². The summed E-state index contributed by atoms with van der Waals surface area (Å²) in [6, 6.07) is 17.7. The summed E-state index contributed by atoms with van der Waals surface area (Å²) in [7, 11) is 2.98. The maximum Gasteiger partial charge on any atom is 0.305 e. The van der Waals surface area contributed by atoms with Crippen molar-refractivity contribution in [1.82, 2.24) is 4.57 Å². The SMILES string of the molecule is COC(=O)CCc1c(-c2ccc(OC)cc2)c(C(N)=O)c(C)n1CCc1ccccc1. The number of methoxy groups -OCH3 is 2. The Bertz CT molecular complexity index is 1050. The van der Waals surface area contributed by atoms with Gasteiger partial charge in [0, 0.05) is 23.5 Å². The van der Waals surface area contributed by atoms with E-state index < -0.39 is 5.91 Å². The summed E-state index contributed by atoms with van der Waals surface area (Å²) in [4.78, 5) is 24.4. The van der Waals surface area contributed by atoms with E-state index in [1.54, 1.807) is 7.11 Å². The van der Waals surface area contributed by atoms with Gasteiger partial charge in [0.05, 0.1) is 26.2 Å². The quantitative estimate of drug-likeness (QED) is 0.532. The van der Waals surface area contributed by atoms with E-state index in [-0.39, 0.29) is 12.4 Å². The Morgan fingerprint density at radius 1 is 0.968 bits per heavy atom. The lowest BCUT2D eigenvalue weighted by molar-refractivity contribution is -0.140. The van der Waals surface area contributed by atoms with Crippen LogP contribution in [0.15, 0.2) is 54.6 Å². The summed E-state index contributed by atoms with van der Waals surface area (Å²) in [5, 5.41) is 0. The molecule has 1 amide bonds. The van der Waals surface area contributed by atoms with Crippen LogP contribution in [0.2, 0.25) is 0 Å². The number of benzene rings is 2. The van der Waals surface area contributed by atoms with Crippen LogP contribution in [-0.2, 0) is 28.9 Å². The number of hydrogen-bond acceptors (Lipinski definition) is 4. The van der Waals surface area contributed by atoms with E-state index in [0.717, 1.165) is 34.7 Å². The molecule has 0 aliphatic rings. The van der Waals surface area contributed by atoms with Crippen molar-refractivity contribution in [2.24, 2.45) is 5.73 Å². The largest absolute Gasteiger partial charge is 0.497 e. The summed E-state index contributed by atoms with van der Waals surface area (Å²) < 4.78 is 12.2. The van der Waals surface area contributed by atoms with Gasteiger partial charge in [-0.3, -0.25) is 9.59 Å². The van der Waals surface area contributed by atoms with Gasteiger partial charge in [-0.1, -0.05) is 42.5 Å². The first-order valence-electron chi connectivity index (χ1n) is 10.2. The van der Waals surface area contributed by atoms with Crippen LogP contribution in [0.1, 0.15) is 33.7 Å². The molecule has 3 rings (SSSR count). The molecule has 6 heteroatoms. The van der Waals surface area contributed by atoms with Crippen LogP contribution in [0, 0.1) is 6.92 Å². The summed E-state index contributed by atoms with van der Waals surface area (Å²) >= 11 is 0. The van der Waals surface area contributed by atoms with Crippen LogP contribution in [0.3, 0.4) is 0 Å². The number of rotatable bonds is 9. The first kappa shape index (κ1) is 22.2. The second kappa shape index (κ2) is 9.98. The number of nitrogens with two attached hydrogens (primary N) is 1. The van der Waals surface area contributed by atoms with Gasteiger partial charge in [-0.05, 0) is 43.0 Å². The molecule has 2 aromatic carbocycles. The van der Waals surface area contributed by atoms with Gasteiger partial charge < -0.3 is 19.8 Å². The van der Waals surface area contributed by atoms with Crippen molar-refractivity contribution in [2.45, 2.75) is 32.7 Å². The Morgan fingerprint density at radius 3 is 2.23 bits per heavy atom. The van der Waals surface area contributed by atoms with E-state index in [2.05, 4.69) is 16.7 Å². The van der Waals surface area contributed by atoms with Crippen LogP contribution in [0.4, 0.5) is 0 Å². The molecule has 0 aliphatic heterocycles. The highest BCUT2D eigenvalue weighted by Crippen LogP contribution is 2.35. The minimum Gasteiger partial charge on any atom is -0.497 e. The molecule has 0 spiro atoms. The number of carbonyl (C=O) groups is 2. The van der Waals surface area contributed by atoms with E-state index in [4.69, 9.17) is 15.2 Å². The minimum atomic E-state index is -0.485. The topological polar surface area (TPSA) is 83.6 Å². The van der Waals surface area contributed by atoms with E-state index in [9.17, 15) is 9.59 Å². The van der Waals surface area contributed by atoms with Crippen molar-refractivity contribution in [3.63, 3.8) is 0 Å². The minimum absolute atomic E-state index is 0.215. The number of primary amides is 1. The molecule has 2 N–H and O–H groups in total. The summed E-state index contributed by atoms with van der Waals surface area (Å²) in [6.45, 7) is 2.57. The molecule has 1 aromatic heterocycles. The highest BCUT2D eigenvalue weighted by atomic mass is 16.5. The van der Waals surface area contributed by atoms with Crippen molar-refractivity contribution in [1.29, 1.82) is 0 Å². The number of amides is 1. The molecule has 1 heterocycles. The summed E-state index contributed by atoms with van der Waals surface area (Å²) in [6.07, 6.45) is 1.45. The van der Waals surface area contributed by atoms with E-state index in [1.807, 2.05) is 49.4 Å². The molecule has 0 unspecified atom stereocenters. The summed E-state index contributed by atoms with van der Waals surface area (Å²) in [5.74, 6) is -0.0587.